The van der Waals surface area contributed by atoms with Crippen LogP contribution < -0.4 is 5.32 Å². The Morgan fingerprint density at radius 1 is 1.35 bits per heavy atom. The molecule has 2 rings (SSSR count). The number of nitrogens with zero attached hydrogens (tertiary/aromatic N) is 2. The van der Waals surface area contributed by atoms with Crippen molar-refractivity contribution in [1.82, 2.24) is 15.1 Å². The summed E-state index contributed by atoms with van der Waals surface area (Å²) in [5.41, 5.74) is 0. The number of nitrogens with one attached hydrogen (secondary N) is 1. The Hall–Kier alpha value is -0.810. The lowest BCUT2D eigenvalue weighted by Crippen LogP contribution is -2.52. The second-order valence-corrected chi connectivity index (χ2v) is 5.26. The third-order valence-corrected chi connectivity index (χ3v) is 4.02. The molecule has 98 valence electrons. The van der Waals surface area contributed by atoms with Crippen molar-refractivity contribution in [3.8, 4) is 0 Å². The van der Waals surface area contributed by atoms with Crippen molar-refractivity contribution in [2.45, 2.75) is 25.8 Å². The maximum Gasteiger partial charge on any atom is 0.407 e. The molecule has 0 saturated carbocycles. The van der Waals surface area contributed by atoms with Crippen molar-refractivity contribution in [2.24, 2.45) is 5.92 Å². The summed E-state index contributed by atoms with van der Waals surface area (Å²) in [7, 11) is 0. The third kappa shape index (κ3) is 3.33. The van der Waals surface area contributed by atoms with Crippen LogP contribution in [-0.4, -0.2) is 66.3 Å². The van der Waals surface area contributed by atoms with Crippen LogP contribution in [0.3, 0.4) is 0 Å². The van der Waals surface area contributed by atoms with Gasteiger partial charge in [0.05, 0.1) is 0 Å². The molecule has 2 saturated heterocycles. The minimum absolute atomic E-state index is 0.612. The van der Waals surface area contributed by atoms with Gasteiger partial charge in [-0.2, -0.15) is 0 Å². The lowest BCUT2D eigenvalue weighted by atomic mass is 9.95. The molecule has 1 atom stereocenters. The van der Waals surface area contributed by atoms with E-state index in [1.54, 1.807) is 0 Å². The second kappa shape index (κ2) is 5.69. The summed E-state index contributed by atoms with van der Waals surface area (Å²) in [5, 5.41) is 12.3. The fourth-order valence-corrected chi connectivity index (χ4v) is 2.79. The summed E-state index contributed by atoms with van der Waals surface area (Å²) in [4.78, 5) is 14.9. The van der Waals surface area contributed by atoms with E-state index in [4.69, 9.17) is 5.11 Å². The van der Waals surface area contributed by atoms with E-state index in [0.717, 1.165) is 39.0 Å². The molecule has 17 heavy (non-hydrogen) atoms. The van der Waals surface area contributed by atoms with E-state index in [0.29, 0.717) is 25.0 Å². The van der Waals surface area contributed by atoms with E-state index >= 15 is 0 Å². The van der Waals surface area contributed by atoms with E-state index < -0.39 is 6.09 Å². The lowest BCUT2D eigenvalue weighted by molar-refractivity contribution is 0.0974. The molecular formula is C12H23N3O2. The monoisotopic (exact) mass is 241 g/mol. The van der Waals surface area contributed by atoms with Gasteiger partial charge in [-0.15, -0.1) is 0 Å². The van der Waals surface area contributed by atoms with Crippen LogP contribution in [-0.2, 0) is 0 Å². The molecule has 1 amide bonds. The van der Waals surface area contributed by atoms with Gasteiger partial charge in [0.15, 0.2) is 0 Å². The summed E-state index contributed by atoms with van der Waals surface area (Å²) in [5.74, 6) is 0.672. The number of carbonyl (C=O) groups is 1. The van der Waals surface area contributed by atoms with E-state index in [2.05, 4.69) is 17.1 Å². The van der Waals surface area contributed by atoms with Gasteiger partial charge in [-0.05, 0) is 25.7 Å². The molecular weight excluding hydrogens is 218 g/mol. The first-order chi connectivity index (χ1) is 8.16. The predicted octanol–water partition coefficient (Wildman–Crippen LogP) is 0.670. The number of hydrogen-bond donors (Lipinski definition) is 2. The standard InChI is InChI=1S/C12H23N3O2/c1-10-8-13-4-7-15(10)9-11-2-5-14(6-3-11)12(16)17/h10-11,13H,2-9H2,1H3,(H,16,17). The topological polar surface area (TPSA) is 55.8 Å². The summed E-state index contributed by atoms with van der Waals surface area (Å²) >= 11 is 0. The fraction of sp³-hybridized carbons (Fsp3) is 0.917. The van der Waals surface area contributed by atoms with Crippen molar-refractivity contribution in [3.63, 3.8) is 0 Å². The van der Waals surface area contributed by atoms with E-state index in [1.807, 2.05) is 0 Å². The first kappa shape index (κ1) is 12.6. The zero-order valence-electron chi connectivity index (χ0n) is 10.6. The fourth-order valence-electron chi connectivity index (χ4n) is 2.79. The van der Waals surface area contributed by atoms with Gasteiger partial charge < -0.3 is 15.3 Å². The highest BCUT2D eigenvalue weighted by Gasteiger charge is 2.26. The quantitative estimate of drug-likeness (QED) is 0.746. The van der Waals surface area contributed by atoms with Crippen LogP contribution in [0.5, 0.6) is 0 Å². The first-order valence-electron chi connectivity index (χ1n) is 6.59. The van der Waals surface area contributed by atoms with Gasteiger partial charge in [-0.25, -0.2) is 4.79 Å². The molecule has 0 aromatic rings. The molecule has 0 aliphatic carbocycles. The number of amides is 1. The zero-order chi connectivity index (χ0) is 12.3. The third-order valence-electron chi connectivity index (χ3n) is 4.02. The van der Waals surface area contributed by atoms with Crippen LogP contribution in [0.1, 0.15) is 19.8 Å². The molecule has 5 heteroatoms. The molecule has 2 fully saturated rings. The number of hydrogen-bond acceptors (Lipinski definition) is 3. The molecule has 2 aliphatic rings. The van der Waals surface area contributed by atoms with Gasteiger partial charge in [0.25, 0.3) is 0 Å². The molecule has 2 N–H and O–H groups in total. The van der Waals surface area contributed by atoms with Gasteiger partial charge in [0.1, 0.15) is 0 Å². The van der Waals surface area contributed by atoms with E-state index in [9.17, 15) is 4.79 Å². The Bertz CT molecular complexity index is 264. The Kier molecular flexibility index (Phi) is 4.23. The Labute approximate surface area is 103 Å². The highest BCUT2D eigenvalue weighted by molar-refractivity contribution is 5.64. The van der Waals surface area contributed by atoms with Gasteiger partial charge >= 0.3 is 6.09 Å². The molecule has 0 aromatic heterocycles. The molecule has 5 nitrogen and oxygen atoms in total. The van der Waals surface area contributed by atoms with E-state index in [-0.39, 0.29) is 0 Å². The largest absolute Gasteiger partial charge is 0.465 e. The second-order valence-electron chi connectivity index (χ2n) is 5.26. The van der Waals surface area contributed by atoms with Crippen LogP contribution in [0.4, 0.5) is 4.79 Å². The van der Waals surface area contributed by atoms with E-state index in [1.165, 1.54) is 4.90 Å². The Morgan fingerprint density at radius 3 is 2.65 bits per heavy atom. The minimum Gasteiger partial charge on any atom is -0.465 e. The average Bonchev–Trinajstić information content (AvgIpc) is 2.33. The molecule has 2 aliphatic heterocycles. The SMILES string of the molecule is CC1CNCCN1CC1CCN(C(=O)O)CC1. The van der Waals surface area contributed by atoms with Crippen LogP contribution in [0.2, 0.25) is 0 Å². The van der Waals surface area contributed by atoms with Gasteiger partial charge in [-0.3, -0.25) is 4.90 Å². The summed E-state index contributed by atoms with van der Waals surface area (Å²) in [6.07, 6.45) is 1.27. The number of piperazine rings is 1. The molecule has 1 unspecified atom stereocenters. The van der Waals surface area contributed by atoms with Crippen LogP contribution >= 0.6 is 0 Å². The number of rotatable bonds is 2. The van der Waals surface area contributed by atoms with Crippen molar-refractivity contribution < 1.29 is 9.90 Å². The van der Waals surface area contributed by atoms with Crippen LogP contribution in [0.15, 0.2) is 0 Å². The summed E-state index contributed by atoms with van der Waals surface area (Å²) in [6, 6.07) is 0.612. The first-order valence-corrected chi connectivity index (χ1v) is 6.59. The average molecular weight is 241 g/mol. The summed E-state index contributed by atoms with van der Waals surface area (Å²) in [6.45, 7) is 8.10. The summed E-state index contributed by atoms with van der Waals surface area (Å²) < 4.78 is 0. The highest BCUT2D eigenvalue weighted by Crippen LogP contribution is 2.19. The Balaban J connectivity index is 1.75. The number of likely N-dealkylation sites (tertiary alicyclic amines) is 1. The Morgan fingerprint density at radius 2 is 2.06 bits per heavy atom. The molecule has 0 bridgehead atoms. The normalized spacial score (nSPS) is 28.3. The van der Waals surface area contributed by atoms with Crippen molar-refractivity contribution >= 4 is 6.09 Å². The molecule has 0 spiro atoms. The van der Waals surface area contributed by atoms with Crippen LogP contribution in [0.25, 0.3) is 0 Å². The minimum atomic E-state index is -0.765. The predicted molar refractivity (Wildman–Crippen MR) is 66.2 cm³/mol. The maximum absolute atomic E-state index is 10.8. The molecule has 0 radical (unpaired) electrons. The van der Waals surface area contributed by atoms with Gasteiger partial charge in [0.2, 0.25) is 0 Å². The van der Waals surface area contributed by atoms with Crippen molar-refractivity contribution in [2.75, 3.05) is 39.3 Å². The van der Waals surface area contributed by atoms with Gasteiger partial charge in [0, 0.05) is 45.3 Å². The number of piperidine rings is 1. The van der Waals surface area contributed by atoms with Crippen LogP contribution in [0, 0.1) is 5.92 Å². The molecule has 2 heterocycles. The molecule has 0 aromatic carbocycles. The van der Waals surface area contributed by atoms with Crippen molar-refractivity contribution in [3.05, 3.63) is 0 Å². The lowest BCUT2D eigenvalue weighted by Gasteiger charge is -2.38. The zero-order valence-corrected chi connectivity index (χ0v) is 10.6. The van der Waals surface area contributed by atoms with Gasteiger partial charge in [-0.1, -0.05) is 0 Å². The highest BCUT2D eigenvalue weighted by atomic mass is 16.4. The number of carboxylic acid groups (broad SMARTS) is 1. The van der Waals surface area contributed by atoms with Crippen molar-refractivity contribution in [1.29, 1.82) is 0 Å². The smallest absolute Gasteiger partial charge is 0.407 e. The maximum atomic E-state index is 10.8.